The average Bonchev–Trinajstić information content (AvgIpc) is 3.14. The smallest absolute Gasteiger partial charge is 0.260 e. The first-order valence-corrected chi connectivity index (χ1v) is 8.34. The molecule has 3 N–H and O–H groups in total. The Balaban J connectivity index is 1.92. The van der Waals surface area contributed by atoms with E-state index in [0.29, 0.717) is 27.6 Å². The number of hydrogen-bond acceptors (Lipinski definition) is 5. The molecule has 0 unspecified atom stereocenters. The molecule has 1 aliphatic rings. The normalized spacial score (nSPS) is 12.6. The van der Waals surface area contributed by atoms with Gasteiger partial charge in [0.1, 0.15) is 16.5 Å². The number of amides is 2. The summed E-state index contributed by atoms with van der Waals surface area (Å²) in [5.41, 5.74) is 7.29. The van der Waals surface area contributed by atoms with E-state index in [1.165, 1.54) is 18.4 Å². The predicted octanol–water partition coefficient (Wildman–Crippen LogP) is 2.61. The van der Waals surface area contributed by atoms with Crippen molar-refractivity contribution in [3.05, 3.63) is 39.8 Å². The monoisotopic (exact) mass is 346 g/mol. The first-order valence-electron chi connectivity index (χ1n) is 7.53. The molecule has 0 atom stereocenters. The highest BCUT2D eigenvalue weighted by Crippen LogP contribution is 2.39. The lowest BCUT2D eigenvalue weighted by Crippen LogP contribution is -2.18. The van der Waals surface area contributed by atoms with E-state index in [0.717, 1.165) is 29.7 Å². The molecular weight excluding hydrogens is 328 g/mol. The van der Waals surface area contributed by atoms with Crippen molar-refractivity contribution in [3.63, 3.8) is 0 Å². The van der Waals surface area contributed by atoms with Crippen LogP contribution in [0.3, 0.4) is 0 Å². The summed E-state index contributed by atoms with van der Waals surface area (Å²) in [5.74, 6) is 0.135. The molecule has 0 saturated heterocycles. The SMILES string of the molecule is COc1ccc(C(=O)Nc2sc3c(c2C(N)=O)CCC3)c(OC)c1. The second kappa shape index (κ2) is 6.52. The van der Waals surface area contributed by atoms with Crippen LogP contribution in [0.25, 0.3) is 0 Å². The zero-order valence-corrected chi connectivity index (χ0v) is 14.3. The van der Waals surface area contributed by atoms with Crippen molar-refractivity contribution in [1.29, 1.82) is 0 Å². The molecule has 24 heavy (non-hydrogen) atoms. The number of methoxy groups -OCH3 is 2. The molecule has 0 bridgehead atoms. The van der Waals surface area contributed by atoms with Gasteiger partial charge in [-0.1, -0.05) is 0 Å². The van der Waals surface area contributed by atoms with Gasteiger partial charge in [0.15, 0.2) is 0 Å². The van der Waals surface area contributed by atoms with E-state index >= 15 is 0 Å². The van der Waals surface area contributed by atoms with E-state index in [1.807, 2.05) is 0 Å². The third kappa shape index (κ3) is 2.82. The van der Waals surface area contributed by atoms with Crippen molar-refractivity contribution in [3.8, 4) is 11.5 Å². The molecule has 0 aliphatic heterocycles. The van der Waals surface area contributed by atoms with Crippen LogP contribution in [0.5, 0.6) is 11.5 Å². The first kappa shape index (κ1) is 16.3. The van der Waals surface area contributed by atoms with Gasteiger partial charge in [0, 0.05) is 10.9 Å². The highest BCUT2D eigenvalue weighted by atomic mass is 32.1. The van der Waals surface area contributed by atoms with E-state index in [2.05, 4.69) is 5.32 Å². The average molecular weight is 346 g/mol. The molecule has 7 heteroatoms. The topological polar surface area (TPSA) is 90.6 Å². The minimum Gasteiger partial charge on any atom is -0.497 e. The molecule has 2 aromatic rings. The van der Waals surface area contributed by atoms with Crippen molar-refractivity contribution in [2.75, 3.05) is 19.5 Å². The molecule has 0 radical (unpaired) electrons. The van der Waals surface area contributed by atoms with Crippen LogP contribution >= 0.6 is 11.3 Å². The number of benzene rings is 1. The van der Waals surface area contributed by atoms with Gasteiger partial charge in [-0.2, -0.15) is 0 Å². The Morgan fingerprint density at radius 3 is 2.67 bits per heavy atom. The molecule has 0 fully saturated rings. The van der Waals surface area contributed by atoms with Gasteiger partial charge in [0.05, 0.1) is 25.3 Å². The number of thiophene rings is 1. The number of nitrogens with two attached hydrogens (primary N) is 1. The molecular formula is C17H18N2O4S. The number of rotatable bonds is 5. The third-order valence-corrected chi connectivity index (χ3v) is 5.26. The number of hydrogen-bond donors (Lipinski definition) is 2. The van der Waals surface area contributed by atoms with E-state index in [1.54, 1.807) is 25.3 Å². The summed E-state index contributed by atoms with van der Waals surface area (Å²) in [6.45, 7) is 0. The van der Waals surface area contributed by atoms with Crippen LogP contribution in [0.1, 0.15) is 37.6 Å². The largest absolute Gasteiger partial charge is 0.497 e. The molecule has 0 spiro atoms. The Kier molecular flexibility index (Phi) is 4.44. The Morgan fingerprint density at radius 2 is 2.00 bits per heavy atom. The molecule has 1 heterocycles. The van der Waals surface area contributed by atoms with Gasteiger partial charge in [-0.05, 0) is 37.0 Å². The molecule has 1 aliphatic carbocycles. The van der Waals surface area contributed by atoms with Gasteiger partial charge < -0.3 is 20.5 Å². The minimum absolute atomic E-state index is 0.350. The Labute approximate surface area is 143 Å². The van der Waals surface area contributed by atoms with Gasteiger partial charge >= 0.3 is 0 Å². The summed E-state index contributed by atoms with van der Waals surface area (Å²) < 4.78 is 10.4. The fourth-order valence-electron chi connectivity index (χ4n) is 2.91. The highest BCUT2D eigenvalue weighted by molar-refractivity contribution is 7.17. The van der Waals surface area contributed by atoms with E-state index in [4.69, 9.17) is 15.2 Å². The molecule has 1 aromatic carbocycles. The quantitative estimate of drug-likeness (QED) is 0.871. The van der Waals surface area contributed by atoms with Crippen LogP contribution < -0.4 is 20.5 Å². The van der Waals surface area contributed by atoms with Gasteiger partial charge in [0.2, 0.25) is 0 Å². The number of anilines is 1. The number of fused-ring (bicyclic) bond motifs is 1. The third-order valence-electron chi connectivity index (χ3n) is 4.05. The molecule has 0 saturated carbocycles. The molecule has 1 aromatic heterocycles. The number of aryl methyl sites for hydroxylation is 1. The summed E-state index contributed by atoms with van der Waals surface area (Å²) in [4.78, 5) is 25.5. The van der Waals surface area contributed by atoms with Crippen LogP contribution in [0.2, 0.25) is 0 Å². The van der Waals surface area contributed by atoms with Crippen molar-refractivity contribution < 1.29 is 19.1 Å². The lowest BCUT2D eigenvalue weighted by molar-refractivity contribution is 0.100. The van der Waals surface area contributed by atoms with Crippen molar-refractivity contribution >= 4 is 28.2 Å². The molecule has 6 nitrogen and oxygen atoms in total. The van der Waals surface area contributed by atoms with Crippen LogP contribution in [0.15, 0.2) is 18.2 Å². The number of nitrogens with one attached hydrogen (secondary N) is 1. The maximum Gasteiger partial charge on any atom is 0.260 e. The maximum atomic E-state index is 12.6. The number of primary amides is 1. The lowest BCUT2D eigenvalue weighted by atomic mass is 10.1. The lowest BCUT2D eigenvalue weighted by Gasteiger charge is -2.11. The highest BCUT2D eigenvalue weighted by Gasteiger charge is 2.26. The zero-order valence-electron chi connectivity index (χ0n) is 13.5. The van der Waals surface area contributed by atoms with Crippen LogP contribution in [-0.4, -0.2) is 26.0 Å². The zero-order chi connectivity index (χ0) is 17.3. The summed E-state index contributed by atoms with van der Waals surface area (Å²) in [6, 6.07) is 4.94. The van der Waals surface area contributed by atoms with Gasteiger partial charge in [0.25, 0.3) is 11.8 Å². The minimum atomic E-state index is -0.508. The van der Waals surface area contributed by atoms with Crippen LogP contribution in [-0.2, 0) is 12.8 Å². The summed E-state index contributed by atoms with van der Waals surface area (Å²) in [6.07, 6.45) is 2.76. The van der Waals surface area contributed by atoms with Crippen LogP contribution in [0.4, 0.5) is 5.00 Å². The molecule has 126 valence electrons. The number of ether oxygens (including phenoxy) is 2. The second-order valence-corrected chi connectivity index (χ2v) is 6.55. The van der Waals surface area contributed by atoms with E-state index < -0.39 is 5.91 Å². The van der Waals surface area contributed by atoms with Gasteiger partial charge in [-0.25, -0.2) is 0 Å². The Hall–Kier alpha value is -2.54. The fourth-order valence-corrected chi connectivity index (χ4v) is 4.20. The Morgan fingerprint density at radius 1 is 1.21 bits per heavy atom. The van der Waals surface area contributed by atoms with Crippen LogP contribution in [0, 0.1) is 0 Å². The van der Waals surface area contributed by atoms with Crippen molar-refractivity contribution in [1.82, 2.24) is 0 Å². The number of carbonyl (C=O) groups excluding carboxylic acids is 2. The van der Waals surface area contributed by atoms with E-state index in [9.17, 15) is 9.59 Å². The first-order chi connectivity index (χ1) is 11.5. The molecule has 3 rings (SSSR count). The number of carbonyl (C=O) groups is 2. The Bertz CT molecular complexity index is 813. The second-order valence-electron chi connectivity index (χ2n) is 5.45. The standard InChI is InChI=1S/C17H18N2O4S/c1-22-9-6-7-10(12(8-9)23-2)16(21)19-17-14(15(18)20)11-4-3-5-13(11)24-17/h6-8H,3-5H2,1-2H3,(H2,18,20)(H,19,21). The maximum absolute atomic E-state index is 12.6. The predicted molar refractivity (Wildman–Crippen MR) is 92.4 cm³/mol. The summed E-state index contributed by atoms with van der Waals surface area (Å²) in [5, 5.41) is 3.32. The fraction of sp³-hybridized carbons (Fsp3) is 0.294. The van der Waals surface area contributed by atoms with Gasteiger partial charge in [-0.3, -0.25) is 9.59 Å². The van der Waals surface area contributed by atoms with Gasteiger partial charge in [-0.15, -0.1) is 11.3 Å². The summed E-state index contributed by atoms with van der Waals surface area (Å²) in [7, 11) is 3.03. The summed E-state index contributed by atoms with van der Waals surface area (Å²) >= 11 is 1.42. The van der Waals surface area contributed by atoms with E-state index in [-0.39, 0.29) is 5.91 Å². The van der Waals surface area contributed by atoms with Crippen molar-refractivity contribution in [2.24, 2.45) is 5.73 Å². The van der Waals surface area contributed by atoms with Crippen molar-refractivity contribution in [2.45, 2.75) is 19.3 Å². The molecule has 2 amide bonds.